The van der Waals surface area contributed by atoms with Crippen molar-refractivity contribution in [2.24, 2.45) is 11.7 Å². The Hall–Kier alpha value is -1.73. The van der Waals surface area contributed by atoms with Crippen LogP contribution in [0.25, 0.3) is 0 Å². The van der Waals surface area contributed by atoms with Crippen molar-refractivity contribution in [3.05, 3.63) is 35.1 Å². The molecule has 0 aliphatic heterocycles. The number of amides is 1. The molecule has 0 bridgehead atoms. The highest BCUT2D eigenvalue weighted by atomic mass is 35.5. The molecule has 1 amide bonds. The van der Waals surface area contributed by atoms with Gasteiger partial charge in [0.25, 0.3) is 0 Å². The van der Waals surface area contributed by atoms with Crippen molar-refractivity contribution in [1.82, 2.24) is 14.8 Å². The highest BCUT2D eigenvalue weighted by Gasteiger charge is 2.14. The van der Waals surface area contributed by atoms with Crippen molar-refractivity contribution in [3.63, 3.8) is 0 Å². The predicted molar refractivity (Wildman–Crippen MR) is 100 cm³/mol. The van der Waals surface area contributed by atoms with Crippen molar-refractivity contribution in [3.8, 4) is 5.75 Å². The molecule has 0 unspecified atom stereocenters. The maximum absolute atomic E-state index is 11.0. The van der Waals surface area contributed by atoms with Gasteiger partial charge < -0.3 is 15.0 Å². The number of hydrogen-bond acceptors (Lipinski definition) is 5. The number of halogens is 1. The van der Waals surface area contributed by atoms with Crippen molar-refractivity contribution >= 4 is 29.3 Å². The second-order valence-electron chi connectivity index (χ2n) is 6.02. The highest BCUT2D eigenvalue weighted by molar-refractivity contribution is 7.99. The summed E-state index contributed by atoms with van der Waals surface area (Å²) in [6, 6.07) is 7.29. The third-order valence-electron chi connectivity index (χ3n) is 3.33. The van der Waals surface area contributed by atoms with Crippen LogP contribution in [0.5, 0.6) is 5.75 Å². The fourth-order valence-corrected chi connectivity index (χ4v) is 3.13. The largest absolute Gasteiger partial charge is 0.493 e. The molecule has 0 saturated carbocycles. The number of carbonyl (C=O) groups is 1. The van der Waals surface area contributed by atoms with Crippen LogP contribution in [-0.4, -0.2) is 33.0 Å². The molecule has 2 rings (SSSR count). The lowest BCUT2D eigenvalue weighted by molar-refractivity contribution is -0.118. The predicted octanol–water partition coefficient (Wildman–Crippen LogP) is 3.18. The van der Waals surface area contributed by atoms with Gasteiger partial charge in [0.1, 0.15) is 11.6 Å². The molecule has 0 radical (unpaired) electrons. The molecule has 136 valence electrons. The third kappa shape index (κ3) is 6.59. The standard InChI is InChI=1S/C17H23ClN4O2S/c1-12(2)11-22-16(8-7-15(19)23)20-21-17(22)25-10-9-24-14-5-3-13(18)4-6-14/h3-6,12H,7-11H2,1-2H3,(H2,19,23). The van der Waals surface area contributed by atoms with E-state index in [1.54, 1.807) is 23.9 Å². The first kappa shape index (κ1) is 19.6. The van der Waals surface area contributed by atoms with Gasteiger partial charge in [-0.1, -0.05) is 37.2 Å². The van der Waals surface area contributed by atoms with Gasteiger partial charge in [0.2, 0.25) is 5.91 Å². The summed E-state index contributed by atoms with van der Waals surface area (Å²) in [7, 11) is 0. The number of ether oxygens (including phenoxy) is 1. The summed E-state index contributed by atoms with van der Waals surface area (Å²) in [6.07, 6.45) is 0.789. The van der Waals surface area contributed by atoms with E-state index in [9.17, 15) is 4.79 Å². The molecule has 2 N–H and O–H groups in total. The van der Waals surface area contributed by atoms with E-state index in [-0.39, 0.29) is 12.3 Å². The van der Waals surface area contributed by atoms with Gasteiger partial charge in [0, 0.05) is 30.2 Å². The van der Waals surface area contributed by atoms with Crippen LogP contribution in [-0.2, 0) is 17.8 Å². The summed E-state index contributed by atoms with van der Waals surface area (Å²) < 4.78 is 7.76. The van der Waals surface area contributed by atoms with Gasteiger partial charge in [-0.25, -0.2) is 0 Å². The van der Waals surface area contributed by atoms with Crippen molar-refractivity contribution in [2.45, 2.75) is 38.4 Å². The average molecular weight is 383 g/mol. The van der Waals surface area contributed by atoms with Gasteiger partial charge in [-0.15, -0.1) is 10.2 Å². The zero-order chi connectivity index (χ0) is 18.2. The van der Waals surface area contributed by atoms with E-state index in [0.717, 1.165) is 29.0 Å². The molecule has 0 fully saturated rings. The highest BCUT2D eigenvalue weighted by Crippen LogP contribution is 2.20. The summed E-state index contributed by atoms with van der Waals surface area (Å²) in [6.45, 7) is 5.63. The van der Waals surface area contributed by atoms with Crippen LogP contribution < -0.4 is 10.5 Å². The molecular formula is C17H23ClN4O2S. The Bertz CT molecular complexity index is 688. The summed E-state index contributed by atoms with van der Waals surface area (Å²) >= 11 is 7.44. The van der Waals surface area contributed by atoms with E-state index in [1.165, 1.54) is 0 Å². The number of rotatable bonds is 10. The number of benzene rings is 1. The molecule has 0 atom stereocenters. The van der Waals surface area contributed by atoms with E-state index in [4.69, 9.17) is 22.1 Å². The van der Waals surface area contributed by atoms with Gasteiger partial charge >= 0.3 is 0 Å². The molecule has 0 saturated heterocycles. The Morgan fingerprint density at radius 1 is 1.32 bits per heavy atom. The molecule has 1 aromatic heterocycles. The number of hydrogen-bond donors (Lipinski definition) is 1. The second kappa shape index (κ2) is 9.68. The first-order valence-corrected chi connectivity index (χ1v) is 9.53. The van der Waals surface area contributed by atoms with Crippen LogP contribution in [0.4, 0.5) is 0 Å². The van der Waals surface area contributed by atoms with Crippen LogP contribution >= 0.6 is 23.4 Å². The normalized spacial score (nSPS) is 11.0. The van der Waals surface area contributed by atoms with Crippen molar-refractivity contribution < 1.29 is 9.53 Å². The number of primary amides is 1. The number of nitrogens with zero attached hydrogens (tertiary/aromatic N) is 3. The first-order chi connectivity index (χ1) is 12.0. The average Bonchev–Trinajstić information content (AvgIpc) is 2.92. The zero-order valence-electron chi connectivity index (χ0n) is 14.4. The minimum absolute atomic E-state index is 0.278. The summed E-state index contributed by atoms with van der Waals surface area (Å²) in [5.74, 6) is 2.45. The van der Waals surface area contributed by atoms with Crippen LogP contribution in [0.1, 0.15) is 26.1 Å². The third-order valence-corrected chi connectivity index (χ3v) is 4.52. The topological polar surface area (TPSA) is 83.0 Å². The van der Waals surface area contributed by atoms with Crippen LogP contribution in [0, 0.1) is 5.92 Å². The molecule has 6 nitrogen and oxygen atoms in total. The molecular weight excluding hydrogens is 360 g/mol. The molecule has 0 aliphatic carbocycles. The monoisotopic (exact) mass is 382 g/mol. The summed E-state index contributed by atoms with van der Waals surface area (Å²) in [5.41, 5.74) is 5.23. The molecule has 25 heavy (non-hydrogen) atoms. The molecule has 8 heteroatoms. The van der Waals surface area contributed by atoms with Gasteiger partial charge in [-0.05, 0) is 30.2 Å². The number of aromatic nitrogens is 3. The Labute approximate surface area is 157 Å². The van der Waals surface area contributed by atoms with Gasteiger partial charge in [0.15, 0.2) is 5.16 Å². The van der Waals surface area contributed by atoms with Gasteiger partial charge in [0.05, 0.1) is 6.61 Å². The fraction of sp³-hybridized carbons (Fsp3) is 0.471. The van der Waals surface area contributed by atoms with Crippen LogP contribution in [0.2, 0.25) is 5.02 Å². The van der Waals surface area contributed by atoms with E-state index >= 15 is 0 Å². The van der Waals surface area contributed by atoms with E-state index in [0.29, 0.717) is 24.0 Å². The number of carbonyl (C=O) groups excluding carboxylic acids is 1. The lowest BCUT2D eigenvalue weighted by Gasteiger charge is -2.12. The van der Waals surface area contributed by atoms with E-state index in [2.05, 4.69) is 28.6 Å². The minimum atomic E-state index is -0.329. The van der Waals surface area contributed by atoms with E-state index in [1.807, 2.05) is 12.1 Å². The maximum atomic E-state index is 11.0. The Balaban J connectivity index is 1.91. The zero-order valence-corrected chi connectivity index (χ0v) is 16.0. The van der Waals surface area contributed by atoms with Crippen molar-refractivity contribution in [2.75, 3.05) is 12.4 Å². The quantitative estimate of drug-likeness (QED) is 0.504. The summed E-state index contributed by atoms with van der Waals surface area (Å²) in [5, 5.41) is 10.00. The molecule has 1 heterocycles. The number of aryl methyl sites for hydroxylation is 1. The molecule has 0 spiro atoms. The summed E-state index contributed by atoms with van der Waals surface area (Å²) in [4.78, 5) is 11.0. The molecule has 2 aromatic rings. The first-order valence-electron chi connectivity index (χ1n) is 8.17. The lowest BCUT2D eigenvalue weighted by atomic mass is 10.2. The SMILES string of the molecule is CC(C)Cn1c(CCC(N)=O)nnc1SCCOc1ccc(Cl)cc1. The molecule has 1 aromatic carbocycles. The molecule has 0 aliphatic rings. The van der Waals surface area contributed by atoms with Crippen LogP contribution in [0.15, 0.2) is 29.4 Å². The fourth-order valence-electron chi connectivity index (χ4n) is 2.22. The van der Waals surface area contributed by atoms with Gasteiger partial charge in [-0.3, -0.25) is 4.79 Å². The number of nitrogens with two attached hydrogens (primary N) is 1. The van der Waals surface area contributed by atoms with Crippen molar-refractivity contribution in [1.29, 1.82) is 0 Å². The Kier molecular flexibility index (Phi) is 7.58. The Morgan fingerprint density at radius 2 is 2.04 bits per heavy atom. The van der Waals surface area contributed by atoms with Crippen LogP contribution in [0.3, 0.4) is 0 Å². The van der Waals surface area contributed by atoms with Gasteiger partial charge in [-0.2, -0.15) is 0 Å². The number of thioether (sulfide) groups is 1. The Morgan fingerprint density at radius 3 is 2.68 bits per heavy atom. The lowest BCUT2D eigenvalue weighted by Crippen LogP contribution is -2.15. The smallest absolute Gasteiger partial charge is 0.217 e. The minimum Gasteiger partial charge on any atom is -0.493 e. The van der Waals surface area contributed by atoms with E-state index < -0.39 is 0 Å². The maximum Gasteiger partial charge on any atom is 0.217 e. The second-order valence-corrected chi connectivity index (χ2v) is 7.52.